The first-order valence-corrected chi connectivity index (χ1v) is 21.7. The van der Waals surface area contributed by atoms with Gasteiger partial charge in [0.2, 0.25) is 5.91 Å². The van der Waals surface area contributed by atoms with Crippen LogP contribution in [-0.2, 0) is 16.6 Å². The van der Waals surface area contributed by atoms with Crippen LogP contribution in [0.1, 0.15) is 94.7 Å². The van der Waals surface area contributed by atoms with Crippen LogP contribution >= 0.6 is 22.7 Å². The van der Waals surface area contributed by atoms with E-state index < -0.39 is 5.41 Å². The van der Waals surface area contributed by atoms with E-state index >= 15 is 0 Å². The van der Waals surface area contributed by atoms with Gasteiger partial charge in [-0.15, -0.1) is 22.7 Å². The SMILES string of the molecule is Cc1cc(C)cc(-c2[nH]c3ccc(C(C)(C)C(=O)N4C5CCC4CC5)cc3c2CCN(C(c2cccnc2)c2cccs2)C(c2cccnc2)c2cccs2)c1. The van der Waals surface area contributed by atoms with Gasteiger partial charge in [0.25, 0.3) is 0 Å². The highest BCUT2D eigenvalue weighted by Gasteiger charge is 2.47. The number of rotatable bonds is 12. The van der Waals surface area contributed by atoms with Crippen LogP contribution < -0.4 is 0 Å². The van der Waals surface area contributed by atoms with E-state index in [4.69, 9.17) is 0 Å². The van der Waals surface area contributed by atoms with Gasteiger partial charge in [-0.3, -0.25) is 19.7 Å². The Hall–Kier alpha value is -4.89. The third-order valence-corrected chi connectivity index (χ3v) is 14.1. The number of pyridine rings is 2. The second kappa shape index (κ2) is 15.2. The van der Waals surface area contributed by atoms with Gasteiger partial charge in [-0.05, 0) is 147 Å². The number of amides is 1. The number of H-pyrrole nitrogens is 1. The molecule has 0 spiro atoms. The molecule has 9 rings (SSSR count). The van der Waals surface area contributed by atoms with Crippen LogP contribution in [0.5, 0.6) is 0 Å². The van der Waals surface area contributed by atoms with Gasteiger partial charge in [0.1, 0.15) is 0 Å². The first kappa shape index (κ1) is 36.7. The van der Waals surface area contributed by atoms with Gasteiger partial charge in [0.05, 0.1) is 17.5 Å². The minimum atomic E-state index is -0.644. The maximum absolute atomic E-state index is 14.4. The van der Waals surface area contributed by atoms with E-state index in [0.717, 1.165) is 66.5 Å². The molecule has 2 fully saturated rings. The number of fused-ring (bicyclic) bond motifs is 3. The Morgan fingerprint density at radius 1 is 0.804 bits per heavy atom. The van der Waals surface area contributed by atoms with Gasteiger partial charge in [-0.1, -0.05) is 47.5 Å². The standard InChI is InChI=1S/C48H49N5OS2/c1-31-25-32(2)27-35(26-31)44-39(40-28-36(13-18-41(40)51-44)48(3,4)47(54)53-37-14-15-38(53)17-16-37)19-22-52(45(42-11-7-23-55-42)33-9-5-20-49-29-33)46(43-12-8-24-56-43)34-10-6-21-50-30-34/h5-13,18,20-21,23-30,37-38,45-46,51H,14-17,19,22H2,1-4H3. The predicted octanol–water partition coefficient (Wildman–Crippen LogP) is 11.2. The summed E-state index contributed by atoms with van der Waals surface area (Å²) in [6.07, 6.45) is 13.1. The molecule has 8 heteroatoms. The van der Waals surface area contributed by atoms with Crippen molar-refractivity contribution in [3.63, 3.8) is 0 Å². The highest BCUT2D eigenvalue weighted by atomic mass is 32.1. The number of carbonyl (C=O) groups is 1. The van der Waals surface area contributed by atoms with Crippen LogP contribution in [0, 0.1) is 13.8 Å². The van der Waals surface area contributed by atoms with Crippen molar-refractivity contribution < 1.29 is 4.79 Å². The summed E-state index contributed by atoms with van der Waals surface area (Å²) in [7, 11) is 0. The molecule has 2 aliphatic heterocycles. The number of aryl methyl sites for hydroxylation is 2. The molecule has 2 aromatic carbocycles. The molecule has 0 radical (unpaired) electrons. The second-order valence-electron chi connectivity index (χ2n) is 16.3. The molecule has 2 aliphatic rings. The zero-order chi connectivity index (χ0) is 38.4. The van der Waals surface area contributed by atoms with E-state index in [2.05, 4.69) is 136 Å². The van der Waals surface area contributed by atoms with E-state index in [-0.39, 0.29) is 18.0 Å². The van der Waals surface area contributed by atoms with Crippen molar-refractivity contribution in [1.82, 2.24) is 24.8 Å². The molecule has 284 valence electrons. The first-order valence-electron chi connectivity index (χ1n) is 19.9. The lowest BCUT2D eigenvalue weighted by molar-refractivity contribution is -0.137. The lowest BCUT2D eigenvalue weighted by Gasteiger charge is -2.38. The molecule has 2 atom stereocenters. The summed E-state index contributed by atoms with van der Waals surface area (Å²) < 4.78 is 0. The molecule has 7 heterocycles. The third-order valence-electron chi connectivity index (χ3n) is 12.3. The Labute approximate surface area is 338 Å². The number of nitrogens with one attached hydrogen (secondary N) is 1. The topological polar surface area (TPSA) is 65.1 Å². The fraction of sp³-hybridized carbons (Fsp3) is 0.312. The summed E-state index contributed by atoms with van der Waals surface area (Å²) in [6.45, 7) is 9.37. The van der Waals surface area contributed by atoms with Crippen molar-refractivity contribution in [2.75, 3.05) is 6.54 Å². The van der Waals surface area contributed by atoms with Crippen LogP contribution in [0.2, 0.25) is 0 Å². The van der Waals surface area contributed by atoms with E-state index in [1.54, 1.807) is 22.7 Å². The van der Waals surface area contributed by atoms with Crippen molar-refractivity contribution in [2.24, 2.45) is 0 Å². The molecule has 2 bridgehead atoms. The van der Waals surface area contributed by atoms with Gasteiger partial charge in [-0.25, -0.2) is 0 Å². The minimum absolute atomic E-state index is 0.0474. The Kier molecular flexibility index (Phi) is 9.98. The predicted molar refractivity (Wildman–Crippen MR) is 230 cm³/mol. The summed E-state index contributed by atoms with van der Waals surface area (Å²) in [5, 5.41) is 5.54. The fourth-order valence-corrected chi connectivity index (χ4v) is 11.4. The van der Waals surface area contributed by atoms with Gasteiger partial charge < -0.3 is 9.88 Å². The number of aromatic nitrogens is 3. The smallest absolute Gasteiger partial charge is 0.233 e. The Morgan fingerprint density at radius 2 is 1.39 bits per heavy atom. The van der Waals surface area contributed by atoms with Crippen molar-refractivity contribution in [3.8, 4) is 11.3 Å². The number of benzene rings is 2. The molecule has 0 aliphatic carbocycles. The van der Waals surface area contributed by atoms with Gasteiger partial charge in [0, 0.05) is 69.8 Å². The normalized spacial score (nSPS) is 17.9. The van der Waals surface area contributed by atoms with E-state index in [9.17, 15) is 4.79 Å². The lowest BCUT2D eigenvalue weighted by Crippen LogP contribution is -2.45. The Balaban J connectivity index is 1.19. The highest BCUT2D eigenvalue weighted by Crippen LogP contribution is 2.44. The van der Waals surface area contributed by atoms with Crippen molar-refractivity contribution in [3.05, 3.63) is 164 Å². The van der Waals surface area contributed by atoms with Gasteiger partial charge in [0.15, 0.2) is 0 Å². The molecule has 5 aromatic heterocycles. The van der Waals surface area contributed by atoms with Crippen molar-refractivity contribution in [2.45, 2.75) is 89.4 Å². The highest BCUT2D eigenvalue weighted by molar-refractivity contribution is 7.10. The van der Waals surface area contributed by atoms with E-state index in [1.165, 1.54) is 37.4 Å². The zero-order valence-electron chi connectivity index (χ0n) is 32.6. The lowest BCUT2D eigenvalue weighted by atomic mass is 9.82. The molecular weight excluding hydrogens is 727 g/mol. The average molecular weight is 776 g/mol. The van der Waals surface area contributed by atoms with Crippen LogP contribution in [0.15, 0.2) is 120 Å². The average Bonchev–Trinajstić information content (AvgIpc) is 4.07. The zero-order valence-corrected chi connectivity index (χ0v) is 34.2. The summed E-state index contributed by atoms with van der Waals surface area (Å²) in [5.41, 5.74) is 9.93. The van der Waals surface area contributed by atoms with Crippen LogP contribution in [-0.4, -0.2) is 49.3 Å². The fourth-order valence-electron chi connectivity index (χ4n) is 9.61. The summed E-state index contributed by atoms with van der Waals surface area (Å²) >= 11 is 3.58. The largest absolute Gasteiger partial charge is 0.354 e. The molecule has 0 saturated carbocycles. The number of carbonyl (C=O) groups excluding carboxylic acids is 1. The number of thiophene rings is 2. The third kappa shape index (κ3) is 6.82. The minimum Gasteiger partial charge on any atom is -0.354 e. The number of aromatic amines is 1. The maximum atomic E-state index is 14.4. The molecule has 2 saturated heterocycles. The summed E-state index contributed by atoms with van der Waals surface area (Å²) in [5.74, 6) is 0.269. The second-order valence-corrected chi connectivity index (χ2v) is 18.3. The molecule has 2 unspecified atom stereocenters. The van der Waals surface area contributed by atoms with Crippen molar-refractivity contribution >= 4 is 39.5 Å². The molecule has 7 aromatic rings. The summed E-state index contributed by atoms with van der Waals surface area (Å²) in [6, 6.07) is 31.6. The van der Waals surface area contributed by atoms with E-state index in [1.807, 2.05) is 36.9 Å². The molecule has 1 amide bonds. The molecule has 56 heavy (non-hydrogen) atoms. The van der Waals surface area contributed by atoms with Gasteiger partial charge in [-0.2, -0.15) is 0 Å². The van der Waals surface area contributed by atoms with Gasteiger partial charge >= 0.3 is 0 Å². The maximum Gasteiger partial charge on any atom is 0.233 e. The number of hydrogen-bond acceptors (Lipinski definition) is 6. The Bertz CT molecular complexity index is 2320. The monoisotopic (exact) mass is 775 g/mol. The number of nitrogens with zero attached hydrogens (tertiary/aromatic N) is 4. The Morgan fingerprint density at radius 3 is 1.91 bits per heavy atom. The first-order chi connectivity index (χ1) is 27.3. The molecule has 6 nitrogen and oxygen atoms in total. The quantitative estimate of drug-likeness (QED) is 0.134. The van der Waals surface area contributed by atoms with Crippen LogP contribution in [0.3, 0.4) is 0 Å². The molecule has 1 N–H and O–H groups in total. The van der Waals surface area contributed by atoms with Crippen molar-refractivity contribution in [1.29, 1.82) is 0 Å². The summed E-state index contributed by atoms with van der Waals surface area (Å²) in [4.78, 5) is 35.0. The van der Waals surface area contributed by atoms with Crippen LogP contribution in [0.25, 0.3) is 22.2 Å². The van der Waals surface area contributed by atoms with E-state index in [0.29, 0.717) is 12.1 Å². The molecular formula is C48H49N5OS2. The van der Waals surface area contributed by atoms with Crippen LogP contribution in [0.4, 0.5) is 0 Å². The number of hydrogen-bond donors (Lipinski definition) is 1.